The van der Waals surface area contributed by atoms with Crippen LogP contribution in [0.2, 0.25) is 0 Å². The molecule has 22 heavy (non-hydrogen) atoms. The quantitative estimate of drug-likeness (QED) is 0.791. The predicted octanol–water partition coefficient (Wildman–Crippen LogP) is 3.76. The Labute approximate surface area is 132 Å². The zero-order valence-electron chi connectivity index (χ0n) is 13.5. The summed E-state index contributed by atoms with van der Waals surface area (Å²) in [6.45, 7) is 4.77. The lowest BCUT2D eigenvalue weighted by atomic mass is 10.1. The maximum Gasteiger partial charge on any atom is 0.256 e. The van der Waals surface area contributed by atoms with Gasteiger partial charge in [-0.3, -0.25) is 4.79 Å². The Bertz CT molecular complexity index is 656. The maximum atomic E-state index is 12.5. The van der Waals surface area contributed by atoms with Crippen LogP contribution in [0.15, 0.2) is 41.2 Å². The van der Waals surface area contributed by atoms with Crippen LogP contribution in [0, 0.1) is 0 Å². The topological polar surface area (TPSA) is 42.2 Å². The lowest BCUT2D eigenvalue weighted by Crippen LogP contribution is -2.25. The van der Waals surface area contributed by atoms with Crippen molar-refractivity contribution in [3.05, 3.63) is 57.9 Å². The van der Waals surface area contributed by atoms with E-state index in [9.17, 15) is 9.90 Å². The van der Waals surface area contributed by atoms with Crippen LogP contribution >= 0.6 is 0 Å². The van der Waals surface area contributed by atoms with E-state index in [2.05, 4.69) is 38.1 Å². The Hall–Kier alpha value is -1.87. The summed E-state index contributed by atoms with van der Waals surface area (Å²) in [5.74, 6) is 0. The van der Waals surface area contributed by atoms with Crippen LogP contribution in [0.5, 0.6) is 0 Å². The number of aliphatic hydroxyl groups excluding tert-OH is 1. The molecule has 3 heteroatoms. The standard InChI is InChI=1S/C19H25NO2/c1-3-5-6-13-20-18(12-11-17(14-21)19(20)22)16-9-7-15(4-2)8-10-16/h7-12,21H,3-6,13-14H2,1-2H3. The second-order valence-electron chi connectivity index (χ2n) is 5.62. The van der Waals surface area contributed by atoms with E-state index in [-0.39, 0.29) is 12.2 Å². The molecular weight excluding hydrogens is 274 g/mol. The first-order valence-electron chi connectivity index (χ1n) is 8.14. The van der Waals surface area contributed by atoms with Gasteiger partial charge in [-0.1, -0.05) is 51.0 Å². The molecule has 118 valence electrons. The van der Waals surface area contributed by atoms with E-state index in [0.29, 0.717) is 12.1 Å². The normalized spacial score (nSPS) is 10.9. The molecule has 0 unspecified atom stereocenters. The number of rotatable bonds is 7. The highest BCUT2D eigenvalue weighted by Gasteiger charge is 2.10. The van der Waals surface area contributed by atoms with Gasteiger partial charge in [0.1, 0.15) is 0 Å². The number of hydrogen-bond donors (Lipinski definition) is 1. The molecule has 0 amide bonds. The summed E-state index contributed by atoms with van der Waals surface area (Å²) in [7, 11) is 0. The average molecular weight is 299 g/mol. The van der Waals surface area contributed by atoms with Crippen LogP contribution in [-0.2, 0) is 19.6 Å². The van der Waals surface area contributed by atoms with Crippen LogP contribution in [0.25, 0.3) is 11.3 Å². The summed E-state index contributed by atoms with van der Waals surface area (Å²) < 4.78 is 1.81. The minimum atomic E-state index is -0.207. The SMILES string of the molecule is CCCCCn1c(-c2ccc(CC)cc2)ccc(CO)c1=O. The first kappa shape index (κ1) is 16.5. The van der Waals surface area contributed by atoms with Crippen molar-refractivity contribution in [1.82, 2.24) is 4.57 Å². The number of pyridine rings is 1. The van der Waals surface area contributed by atoms with Gasteiger partial charge in [-0.2, -0.15) is 0 Å². The second kappa shape index (κ2) is 7.95. The molecule has 2 aromatic rings. The van der Waals surface area contributed by atoms with Gasteiger partial charge in [0.15, 0.2) is 0 Å². The monoisotopic (exact) mass is 299 g/mol. The molecule has 0 saturated heterocycles. The van der Waals surface area contributed by atoms with Crippen LogP contribution in [0.1, 0.15) is 44.2 Å². The van der Waals surface area contributed by atoms with Crippen LogP contribution in [-0.4, -0.2) is 9.67 Å². The van der Waals surface area contributed by atoms with Crippen molar-refractivity contribution in [2.75, 3.05) is 0 Å². The highest BCUT2D eigenvalue weighted by atomic mass is 16.3. The summed E-state index contributed by atoms with van der Waals surface area (Å²) in [6.07, 6.45) is 4.21. The highest BCUT2D eigenvalue weighted by molar-refractivity contribution is 5.60. The number of aliphatic hydroxyl groups is 1. The Balaban J connectivity index is 2.43. The molecular formula is C19H25NO2. The lowest BCUT2D eigenvalue weighted by molar-refractivity contribution is 0.279. The fourth-order valence-corrected chi connectivity index (χ4v) is 2.65. The zero-order chi connectivity index (χ0) is 15.9. The van der Waals surface area contributed by atoms with Gasteiger partial charge in [0.2, 0.25) is 0 Å². The van der Waals surface area contributed by atoms with Gasteiger partial charge in [-0.25, -0.2) is 0 Å². The molecule has 0 spiro atoms. The Morgan fingerprint density at radius 3 is 2.32 bits per heavy atom. The van der Waals surface area contributed by atoms with Crippen LogP contribution < -0.4 is 5.56 Å². The van der Waals surface area contributed by atoms with E-state index in [4.69, 9.17) is 0 Å². The third-order valence-electron chi connectivity index (χ3n) is 4.07. The van der Waals surface area contributed by atoms with Crippen molar-refractivity contribution >= 4 is 0 Å². The van der Waals surface area contributed by atoms with Gasteiger partial charge >= 0.3 is 0 Å². The van der Waals surface area contributed by atoms with Crippen molar-refractivity contribution < 1.29 is 5.11 Å². The fraction of sp³-hybridized carbons (Fsp3) is 0.421. The molecule has 0 bridgehead atoms. The molecule has 0 atom stereocenters. The molecule has 1 aromatic heterocycles. The van der Waals surface area contributed by atoms with E-state index in [1.165, 1.54) is 5.56 Å². The minimum absolute atomic E-state index is 0.0735. The second-order valence-corrected chi connectivity index (χ2v) is 5.62. The number of unbranched alkanes of at least 4 members (excludes halogenated alkanes) is 2. The zero-order valence-corrected chi connectivity index (χ0v) is 13.5. The molecule has 0 aliphatic rings. The number of benzene rings is 1. The Morgan fingerprint density at radius 1 is 1.00 bits per heavy atom. The van der Waals surface area contributed by atoms with Gasteiger partial charge in [-0.05, 0) is 36.1 Å². The van der Waals surface area contributed by atoms with Crippen LogP contribution in [0.4, 0.5) is 0 Å². The minimum Gasteiger partial charge on any atom is -0.391 e. The third-order valence-corrected chi connectivity index (χ3v) is 4.07. The number of aromatic nitrogens is 1. The van der Waals surface area contributed by atoms with E-state index in [1.54, 1.807) is 6.07 Å². The summed E-state index contributed by atoms with van der Waals surface area (Å²) in [5.41, 5.74) is 3.66. The Kier molecular flexibility index (Phi) is 5.96. The van der Waals surface area contributed by atoms with Gasteiger partial charge in [0.25, 0.3) is 5.56 Å². The highest BCUT2D eigenvalue weighted by Crippen LogP contribution is 2.20. The van der Waals surface area contributed by atoms with Crippen molar-refractivity contribution in [3.8, 4) is 11.3 Å². The van der Waals surface area contributed by atoms with E-state index >= 15 is 0 Å². The predicted molar refractivity (Wildman–Crippen MR) is 91.0 cm³/mol. The van der Waals surface area contributed by atoms with Gasteiger partial charge < -0.3 is 9.67 Å². The molecule has 2 rings (SSSR count). The van der Waals surface area contributed by atoms with Crippen molar-refractivity contribution in [2.45, 2.75) is 52.7 Å². The molecule has 0 fully saturated rings. The van der Waals surface area contributed by atoms with Crippen molar-refractivity contribution in [2.24, 2.45) is 0 Å². The largest absolute Gasteiger partial charge is 0.391 e. The first-order valence-corrected chi connectivity index (χ1v) is 8.14. The van der Waals surface area contributed by atoms with Gasteiger partial charge in [-0.15, -0.1) is 0 Å². The summed E-state index contributed by atoms with van der Waals surface area (Å²) in [5, 5.41) is 9.33. The van der Waals surface area contributed by atoms with Gasteiger partial charge in [0, 0.05) is 12.1 Å². The molecule has 1 aromatic carbocycles. The molecule has 3 nitrogen and oxygen atoms in total. The molecule has 0 aliphatic heterocycles. The lowest BCUT2D eigenvalue weighted by Gasteiger charge is -2.14. The van der Waals surface area contributed by atoms with E-state index in [0.717, 1.165) is 36.9 Å². The van der Waals surface area contributed by atoms with E-state index in [1.807, 2.05) is 10.6 Å². The maximum absolute atomic E-state index is 12.5. The summed E-state index contributed by atoms with van der Waals surface area (Å²) >= 11 is 0. The average Bonchev–Trinajstić information content (AvgIpc) is 2.56. The first-order chi connectivity index (χ1) is 10.7. The van der Waals surface area contributed by atoms with E-state index < -0.39 is 0 Å². The molecule has 0 aliphatic carbocycles. The smallest absolute Gasteiger partial charge is 0.256 e. The summed E-state index contributed by atoms with van der Waals surface area (Å²) in [6, 6.07) is 12.0. The Morgan fingerprint density at radius 2 is 1.73 bits per heavy atom. The van der Waals surface area contributed by atoms with Crippen molar-refractivity contribution in [1.29, 1.82) is 0 Å². The molecule has 1 heterocycles. The summed E-state index contributed by atoms with van der Waals surface area (Å²) in [4.78, 5) is 12.5. The third kappa shape index (κ3) is 3.66. The van der Waals surface area contributed by atoms with Crippen molar-refractivity contribution in [3.63, 3.8) is 0 Å². The number of hydrogen-bond acceptors (Lipinski definition) is 2. The number of aryl methyl sites for hydroxylation is 1. The molecule has 1 N–H and O–H groups in total. The van der Waals surface area contributed by atoms with Gasteiger partial charge in [0.05, 0.1) is 12.3 Å². The van der Waals surface area contributed by atoms with Crippen LogP contribution in [0.3, 0.4) is 0 Å². The molecule has 0 saturated carbocycles. The fourth-order valence-electron chi connectivity index (χ4n) is 2.65. The number of nitrogens with zero attached hydrogens (tertiary/aromatic N) is 1. The molecule has 0 radical (unpaired) electrons.